The molecule has 0 spiro atoms. The third-order valence-corrected chi connectivity index (χ3v) is 5.16. The zero-order valence-corrected chi connectivity index (χ0v) is 14.7. The Morgan fingerprint density at radius 3 is 2.88 bits per heavy atom. The van der Waals surface area contributed by atoms with Crippen LogP contribution >= 0.6 is 0 Å². The minimum absolute atomic E-state index is 0.116. The first-order valence-corrected chi connectivity index (χ1v) is 8.53. The first kappa shape index (κ1) is 15.8. The van der Waals surface area contributed by atoms with Gasteiger partial charge in [0.25, 0.3) is 5.91 Å². The van der Waals surface area contributed by atoms with Crippen molar-refractivity contribution in [2.45, 2.75) is 39.3 Å². The number of aliphatic imine (C=N–C) groups is 1. The molecule has 3 heterocycles. The number of nitrogens with one attached hydrogen (secondary N) is 2. The molecule has 2 N–H and O–H groups in total. The van der Waals surface area contributed by atoms with Crippen molar-refractivity contribution in [1.29, 1.82) is 0 Å². The number of aromatic nitrogens is 3. The molecule has 130 valence electrons. The number of carbonyl (C=O) groups excluding carboxylic acids is 1. The summed E-state index contributed by atoms with van der Waals surface area (Å²) in [5.74, 6) is 0.507. The van der Waals surface area contributed by atoms with E-state index in [9.17, 15) is 4.79 Å². The van der Waals surface area contributed by atoms with Gasteiger partial charge >= 0.3 is 0 Å². The molecular weight excluding hydrogens is 316 g/mol. The molecule has 1 aliphatic heterocycles. The normalized spacial score (nSPS) is 20.0. The molecule has 4 rings (SSSR count). The van der Waals surface area contributed by atoms with Crippen LogP contribution in [0.25, 0.3) is 0 Å². The lowest BCUT2D eigenvalue weighted by atomic mass is 9.67. The summed E-state index contributed by atoms with van der Waals surface area (Å²) in [7, 11) is 1.85. The average molecular weight is 338 g/mol. The maximum atomic E-state index is 12.8. The van der Waals surface area contributed by atoms with E-state index in [2.05, 4.69) is 39.6 Å². The van der Waals surface area contributed by atoms with Gasteiger partial charge in [-0.2, -0.15) is 5.10 Å². The second kappa shape index (κ2) is 5.68. The van der Waals surface area contributed by atoms with Crippen LogP contribution in [0.3, 0.4) is 0 Å². The van der Waals surface area contributed by atoms with Gasteiger partial charge in [0.1, 0.15) is 11.5 Å². The number of hydrogen-bond donors (Lipinski definition) is 2. The van der Waals surface area contributed by atoms with E-state index in [1.54, 1.807) is 17.1 Å². The number of carbonyl (C=O) groups is 1. The van der Waals surface area contributed by atoms with Crippen LogP contribution in [0.2, 0.25) is 0 Å². The minimum Gasteiger partial charge on any atom is -0.347 e. The highest BCUT2D eigenvalue weighted by molar-refractivity contribution is 5.99. The second-order valence-corrected chi connectivity index (χ2v) is 7.47. The summed E-state index contributed by atoms with van der Waals surface area (Å²) in [5, 5.41) is 10.5. The molecule has 0 radical (unpaired) electrons. The number of amides is 1. The monoisotopic (exact) mass is 338 g/mol. The second-order valence-electron chi connectivity index (χ2n) is 7.47. The fourth-order valence-electron chi connectivity index (χ4n) is 3.35. The molecule has 7 nitrogen and oxygen atoms in total. The van der Waals surface area contributed by atoms with Crippen molar-refractivity contribution >= 4 is 23.6 Å². The van der Waals surface area contributed by atoms with Gasteiger partial charge in [-0.25, -0.2) is 4.98 Å². The topological polar surface area (TPSA) is 84.2 Å². The van der Waals surface area contributed by atoms with Crippen LogP contribution in [0, 0.1) is 5.41 Å². The van der Waals surface area contributed by atoms with Gasteiger partial charge in [-0.3, -0.25) is 14.5 Å². The van der Waals surface area contributed by atoms with Crippen molar-refractivity contribution in [3.8, 4) is 0 Å². The molecule has 2 aromatic rings. The summed E-state index contributed by atoms with van der Waals surface area (Å²) in [6.07, 6.45) is 7.54. The van der Waals surface area contributed by atoms with E-state index in [1.165, 1.54) is 0 Å². The Morgan fingerprint density at radius 1 is 1.40 bits per heavy atom. The number of rotatable bonds is 4. The number of anilines is 2. The lowest BCUT2D eigenvalue weighted by Crippen LogP contribution is -2.52. The van der Waals surface area contributed by atoms with Crippen molar-refractivity contribution in [1.82, 2.24) is 20.1 Å². The Kier molecular flexibility index (Phi) is 3.59. The van der Waals surface area contributed by atoms with Crippen LogP contribution in [-0.2, 0) is 13.6 Å². The molecule has 25 heavy (non-hydrogen) atoms. The molecule has 1 fully saturated rings. The highest BCUT2D eigenvalue weighted by Crippen LogP contribution is 2.40. The van der Waals surface area contributed by atoms with Crippen LogP contribution in [0.4, 0.5) is 11.5 Å². The van der Waals surface area contributed by atoms with Crippen molar-refractivity contribution in [3.05, 3.63) is 35.3 Å². The number of hydrogen-bond acceptors (Lipinski definition) is 5. The lowest BCUT2D eigenvalue weighted by molar-refractivity contribution is 0.0727. The summed E-state index contributed by atoms with van der Waals surface area (Å²) in [5.41, 5.74) is 3.28. The zero-order valence-electron chi connectivity index (χ0n) is 14.7. The van der Waals surface area contributed by atoms with Gasteiger partial charge < -0.3 is 10.6 Å². The molecule has 1 aliphatic carbocycles. The maximum absolute atomic E-state index is 12.8. The Morgan fingerprint density at radius 2 is 2.24 bits per heavy atom. The van der Waals surface area contributed by atoms with Gasteiger partial charge in [0.05, 0.1) is 18.4 Å². The van der Waals surface area contributed by atoms with Crippen LogP contribution in [0.15, 0.2) is 23.5 Å². The highest BCUT2D eigenvalue weighted by Gasteiger charge is 2.39. The average Bonchev–Trinajstić information content (AvgIpc) is 3.19. The van der Waals surface area contributed by atoms with Crippen LogP contribution in [0.1, 0.15) is 48.3 Å². The van der Waals surface area contributed by atoms with Gasteiger partial charge in [0.2, 0.25) is 0 Å². The third-order valence-electron chi connectivity index (χ3n) is 5.16. The van der Waals surface area contributed by atoms with E-state index in [1.807, 2.05) is 19.3 Å². The van der Waals surface area contributed by atoms with E-state index in [0.29, 0.717) is 18.1 Å². The number of fused-ring (bicyclic) bond motifs is 1. The van der Waals surface area contributed by atoms with Crippen molar-refractivity contribution in [2.24, 2.45) is 17.5 Å². The zero-order chi connectivity index (χ0) is 17.6. The summed E-state index contributed by atoms with van der Waals surface area (Å²) in [4.78, 5) is 21.7. The molecule has 1 saturated carbocycles. The fourth-order valence-corrected chi connectivity index (χ4v) is 3.35. The van der Waals surface area contributed by atoms with Gasteiger partial charge in [-0.15, -0.1) is 0 Å². The predicted molar refractivity (Wildman–Crippen MR) is 96.3 cm³/mol. The molecule has 1 atom stereocenters. The molecule has 7 heteroatoms. The Balaban J connectivity index is 1.61. The SMILES string of the molecule is Cn1cc(Nc2cc3c(c(C(=O)NC4CCC4(C)C)n2)CN=C3)cn1. The highest BCUT2D eigenvalue weighted by atomic mass is 16.2. The van der Waals surface area contributed by atoms with E-state index in [4.69, 9.17) is 0 Å². The van der Waals surface area contributed by atoms with Crippen molar-refractivity contribution in [3.63, 3.8) is 0 Å². The van der Waals surface area contributed by atoms with E-state index in [-0.39, 0.29) is 17.4 Å². The first-order chi connectivity index (χ1) is 11.9. The number of pyridine rings is 1. The summed E-state index contributed by atoms with van der Waals surface area (Å²) < 4.78 is 1.71. The molecule has 0 aromatic carbocycles. The fraction of sp³-hybridized carbons (Fsp3) is 0.444. The van der Waals surface area contributed by atoms with E-state index < -0.39 is 0 Å². The lowest BCUT2D eigenvalue weighted by Gasteiger charge is -2.44. The predicted octanol–water partition coefficient (Wildman–Crippen LogP) is 2.41. The van der Waals surface area contributed by atoms with Gasteiger partial charge in [0, 0.05) is 36.6 Å². The largest absolute Gasteiger partial charge is 0.347 e. The van der Waals surface area contributed by atoms with Crippen molar-refractivity contribution in [2.75, 3.05) is 5.32 Å². The Bertz CT molecular complexity index is 866. The van der Waals surface area contributed by atoms with Crippen LogP contribution < -0.4 is 10.6 Å². The Hall–Kier alpha value is -2.70. The maximum Gasteiger partial charge on any atom is 0.270 e. The number of aryl methyl sites for hydroxylation is 1. The first-order valence-electron chi connectivity index (χ1n) is 8.53. The summed E-state index contributed by atoms with van der Waals surface area (Å²) in [6.45, 7) is 4.87. The third kappa shape index (κ3) is 2.90. The molecule has 0 saturated heterocycles. The standard InChI is InChI=1S/C18H22N6O/c1-18(2)5-4-14(18)22-17(25)16-13-9-19-7-11(13)6-15(23-16)21-12-8-20-24(3)10-12/h6-8,10,14H,4-5,9H2,1-3H3,(H,21,23)(H,22,25). The molecule has 0 bridgehead atoms. The van der Waals surface area contributed by atoms with Gasteiger partial charge in [0.15, 0.2) is 0 Å². The smallest absolute Gasteiger partial charge is 0.270 e. The number of nitrogens with zero attached hydrogens (tertiary/aromatic N) is 4. The van der Waals surface area contributed by atoms with Crippen LogP contribution in [-0.4, -0.2) is 32.9 Å². The molecule has 1 unspecified atom stereocenters. The molecule has 2 aliphatic rings. The molecular formula is C18H22N6O. The Labute approximate surface area is 146 Å². The van der Waals surface area contributed by atoms with Gasteiger partial charge in [-0.1, -0.05) is 13.8 Å². The minimum atomic E-state index is -0.116. The van der Waals surface area contributed by atoms with Gasteiger partial charge in [-0.05, 0) is 24.3 Å². The summed E-state index contributed by atoms with van der Waals surface area (Å²) in [6, 6.07) is 2.12. The molecule has 2 aromatic heterocycles. The van der Waals surface area contributed by atoms with Crippen molar-refractivity contribution < 1.29 is 4.79 Å². The molecule has 1 amide bonds. The van der Waals surface area contributed by atoms with E-state index >= 15 is 0 Å². The quantitative estimate of drug-likeness (QED) is 0.896. The van der Waals surface area contributed by atoms with E-state index in [0.717, 1.165) is 29.7 Å². The van der Waals surface area contributed by atoms with Crippen LogP contribution in [0.5, 0.6) is 0 Å². The summed E-state index contributed by atoms with van der Waals surface area (Å²) >= 11 is 0.